The van der Waals surface area contributed by atoms with E-state index in [0.29, 0.717) is 5.82 Å². The van der Waals surface area contributed by atoms with Crippen LogP contribution in [0, 0.1) is 0 Å². The van der Waals surface area contributed by atoms with E-state index in [2.05, 4.69) is 20.4 Å². The number of carbonyl (C=O) groups is 1. The van der Waals surface area contributed by atoms with Gasteiger partial charge in [0.1, 0.15) is 11.6 Å². The summed E-state index contributed by atoms with van der Waals surface area (Å²) in [7, 11) is 0. The van der Waals surface area contributed by atoms with Crippen LogP contribution in [0.25, 0.3) is 0 Å². The van der Waals surface area contributed by atoms with Gasteiger partial charge in [0.2, 0.25) is 5.91 Å². The monoisotopic (exact) mass is 317 g/mol. The maximum Gasteiger partial charge on any atom is 0.573 e. The van der Waals surface area contributed by atoms with E-state index in [1.54, 1.807) is 0 Å². The van der Waals surface area contributed by atoms with Crippen LogP contribution in [0.3, 0.4) is 0 Å². The predicted molar refractivity (Wildman–Crippen MR) is 74.4 cm³/mol. The Hall–Kier alpha value is -1.99. The van der Waals surface area contributed by atoms with Crippen molar-refractivity contribution < 1.29 is 22.7 Å². The van der Waals surface area contributed by atoms with Crippen LogP contribution < -0.4 is 15.4 Å². The van der Waals surface area contributed by atoms with Crippen LogP contribution in [0.2, 0.25) is 0 Å². The molecule has 8 heteroatoms. The largest absolute Gasteiger partial charge is 0.573 e. The maximum absolute atomic E-state index is 12.0. The number of ether oxygens (including phenoxy) is 1. The SMILES string of the molecule is O=C(CNc1ccc(OC(F)(F)F)cn1)NC1CCCCC1. The molecule has 1 amide bonds. The lowest BCUT2D eigenvalue weighted by atomic mass is 9.95. The summed E-state index contributed by atoms with van der Waals surface area (Å²) in [5.74, 6) is -0.234. The number of pyridine rings is 1. The molecule has 1 aliphatic rings. The number of anilines is 1. The number of aromatic nitrogens is 1. The van der Waals surface area contributed by atoms with E-state index in [1.807, 2.05) is 0 Å². The lowest BCUT2D eigenvalue weighted by Crippen LogP contribution is -2.39. The van der Waals surface area contributed by atoms with Crippen LogP contribution in [0.15, 0.2) is 18.3 Å². The Morgan fingerprint density at radius 1 is 1.27 bits per heavy atom. The van der Waals surface area contributed by atoms with Gasteiger partial charge in [-0.2, -0.15) is 0 Å². The zero-order valence-corrected chi connectivity index (χ0v) is 11.9. The minimum atomic E-state index is -4.74. The van der Waals surface area contributed by atoms with Crippen LogP contribution in [-0.2, 0) is 4.79 Å². The normalized spacial score (nSPS) is 16.1. The van der Waals surface area contributed by atoms with Crippen molar-refractivity contribution in [1.29, 1.82) is 0 Å². The van der Waals surface area contributed by atoms with Crippen LogP contribution >= 0.6 is 0 Å². The van der Waals surface area contributed by atoms with Crippen molar-refractivity contribution in [1.82, 2.24) is 10.3 Å². The quantitative estimate of drug-likeness (QED) is 0.876. The van der Waals surface area contributed by atoms with Crippen molar-refractivity contribution in [3.8, 4) is 5.75 Å². The highest BCUT2D eigenvalue weighted by atomic mass is 19.4. The fourth-order valence-electron chi connectivity index (χ4n) is 2.38. The zero-order valence-electron chi connectivity index (χ0n) is 11.9. The molecule has 0 unspecified atom stereocenters. The lowest BCUT2D eigenvalue weighted by Gasteiger charge is -2.22. The molecule has 2 rings (SSSR count). The molecule has 0 spiro atoms. The molecule has 1 aromatic heterocycles. The van der Waals surface area contributed by atoms with Crippen molar-refractivity contribution in [3.05, 3.63) is 18.3 Å². The fourth-order valence-corrected chi connectivity index (χ4v) is 2.38. The molecule has 0 aliphatic heterocycles. The summed E-state index contributed by atoms with van der Waals surface area (Å²) in [6.07, 6.45) is 1.66. The Labute approximate surface area is 126 Å². The first-order valence-corrected chi connectivity index (χ1v) is 7.17. The molecule has 2 N–H and O–H groups in total. The average Bonchev–Trinajstić information content (AvgIpc) is 2.46. The third-order valence-corrected chi connectivity index (χ3v) is 3.37. The van der Waals surface area contributed by atoms with Crippen LogP contribution in [0.5, 0.6) is 5.75 Å². The third kappa shape index (κ3) is 5.79. The molecule has 1 aromatic rings. The van der Waals surface area contributed by atoms with Crippen molar-refractivity contribution >= 4 is 11.7 Å². The lowest BCUT2D eigenvalue weighted by molar-refractivity contribution is -0.274. The Morgan fingerprint density at radius 3 is 2.59 bits per heavy atom. The summed E-state index contributed by atoms with van der Waals surface area (Å²) in [5.41, 5.74) is 0. The number of carbonyl (C=O) groups excluding carboxylic acids is 1. The fraction of sp³-hybridized carbons (Fsp3) is 0.571. The number of nitrogens with zero attached hydrogens (tertiary/aromatic N) is 1. The standard InChI is InChI=1S/C14H18F3N3O2/c15-14(16,17)22-11-6-7-12(18-8-11)19-9-13(21)20-10-4-2-1-3-5-10/h6-8,10H,1-5,9H2,(H,18,19)(H,20,21). The van der Waals surface area contributed by atoms with Crippen LogP contribution in [0.4, 0.5) is 19.0 Å². The Balaban J connectivity index is 1.75. The minimum absolute atomic E-state index is 0.0307. The molecule has 0 bridgehead atoms. The van der Waals surface area contributed by atoms with Gasteiger partial charge < -0.3 is 15.4 Å². The van der Waals surface area contributed by atoms with Crippen LogP contribution in [0.1, 0.15) is 32.1 Å². The highest BCUT2D eigenvalue weighted by Crippen LogP contribution is 2.22. The van der Waals surface area contributed by atoms with Crippen molar-refractivity contribution in [2.75, 3.05) is 11.9 Å². The smallest absolute Gasteiger partial charge is 0.404 e. The minimum Gasteiger partial charge on any atom is -0.404 e. The second kappa shape index (κ2) is 7.33. The van der Waals surface area contributed by atoms with Gasteiger partial charge >= 0.3 is 6.36 Å². The summed E-state index contributed by atoms with van der Waals surface area (Å²) in [6.45, 7) is 0.0307. The first kappa shape index (κ1) is 16.4. The molecule has 1 aliphatic carbocycles. The molecule has 0 radical (unpaired) electrons. The second-order valence-corrected chi connectivity index (χ2v) is 5.18. The van der Waals surface area contributed by atoms with Crippen molar-refractivity contribution in [2.45, 2.75) is 44.5 Å². The molecule has 1 fully saturated rings. The summed E-state index contributed by atoms with van der Waals surface area (Å²) in [4.78, 5) is 15.5. The maximum atomic E-state index is 12.0. The molecular weight excluding hydrogens is 299 g/mol. The van der Waals surface area contributed by atoms with E-state index in [4.69, 9.17) is 0 Å². The van der Waals surface area contributed by atoms with Crippen molar-refractivity contribution in [3.63, 3.8) is 0 Å². The summed E-state index contributed by atoms with van der Waals surface area (Å²) in [5, 5.41) is 5.69. The van der Waals surface area contributed by atoms with E-state index >= 15 is 0 Å². The highest BCUT2D eigenvalue weighted by Gasteiger charge is 2.31. The number of hydrogen-bond acceptors (Lipinski definition) is 4. The van der Waals surface area contributed by atoms with Gasteiger partial charge in [0, 0.05) is 6.04 Å². The van der Waals surface area contributed by atoms with E-state index in [9.17, 15) is 18.0 Å². The molecule has 22 heavy (non-hydrogen) atoms. The number of amides is 1. The second-order valence-electron chi connectivity index (χ2n) is 5.18. The topological polar surface area (TPSA) is 63.2 Å². The summed E-state index contributed by atoms with van der Waals surface area (Å²) < 4.78 is 39.7. The van der Waals surface area contributed by atoms with Crippen molar-refractivity contribution in [2.24, 2.45) is 0 Å². The van der Waals surface area contributed by atoms with E-state index < -0.39 is 12.1 Å². The van der Waals surface area contributed by atoms with Gasteiger partial charge in [-0.1, -0.05) is 19.3 Å². The predicted octanol–water partition coefficient (Wildman–Crippen LogP) is 2.84. The van der Waals surface area contributed by atoms with Gasteiger partial charge in [0.15, 0.2) is 0 Å². The van der Waals surface area contributed by atoms with Gasteiger partial charge in [0.25, 0.3) is 0 Å². The Morgan fingerprint density at radius 2 is 2.00 bits per heavy atom. The van der Waals surface area contributed by atoms with E-state index in [0.717, 1.165) is 37.9 Å². The van der Waals surface area contributed by atoms with Gasteiger partial charge in [-0.05, 0) is 25.0 Å². The number of nitrogens with one attached hydrogen (secondary N) is 2. The molecule has 1 saturated carbocycles. The summed E-state index contributed by atoms with van der Waals surface area (Å²) >= 11 is 0. The molecule has 0 saturated heterocycles. The molecule has 5 nitrogen and oxygen atoms in total. The first-order valence-electron chi connectivity index (χ1n) is 7.17. The number of alkyl halides is 3. The molecule has 0 aromatic carbocycles. The van der Waals surface area contributed by atoms with E-state index in [-0.39, 0.29) is 18.5 Å². The molecule has 1 heterocycles. The number of hydrogen-bond donors (Lipinski definition) is 2. The third-order valence-electron chi connectivity index (χ3n) is 3.37. The van der Waals surface area contributed by atoms with Gasteiger partial charge in [-0.3, -0.25) is 4.79 Å². The first-order chi connectivity index (χ1) is 10.4. The van der Waals surface area contributed by atoms with Gasteiger partial charge in [-0.25, -0.2) is 4.98 Å². The zero-order chi connectivity index (χ0) is 16.0. The number of halogens is 3. The van der Waals surface area contributed by atoms with Gasteiger partial charge in [0.05, 0.1) is 12.7 Å². The number of rotatable bonds is 5. The average molecular weight is 317 g/mol. The van der Waals surface area contributed by atoms with Gasteiger partial charge in [-0.15, -0.1) is 13.2 Å². The molecule has 122 valence electrons. The highest BCUT2D eigenvalue weighted by molar-refractivity contribution is 5.80. The van der Waals surface area contributed by atoms with E-state index in [1.165, 1.54) is 12.5 Å². The summed E-state index contributed by atoms with van der Waals surface area (Å²) in [6, 6.07) is 2.69. The molecule has 0 atom stereocenters. The Bertz CT molecular complexity index is 485. The molecular formula is C14H18F3N3O2. The Kier molecular flexibility index (Phi) is 5.46. The van der Waals surface area contributed by atoms with Crippen LogP contribution in [-0.4, -0.2) is 29.8 Å².